The molecule has 2 rings (SSSR count). The summed E-state index contributed by atoms with van der Waals surface area (Å²) in [6, 6.07) is 11.9. The first-order chi connectivity index (χ1) is 8.63. The molecule has 0 radical (unpaired) electrons. The maximum absolute atomic E-state index is 11.8. The minimum atomic E-state index is -0.281. The monoisotopic (exact) mass is 258 g/mol. The molecular weight excluding hydrogens is 244 g/mol. The summed E-state index contributed by atoms with van der Waals surface area (Å²) >= 11 is 1.24. The molecule has 18 heavy (non-hydrogen) atoms. The number of rotatable bonds is 3. The fraction of sp³-hybridized carbons (Fsp3) is 0.286. The molecule has 0 spiro atoms. The highest BCUT2D eigenvalue weighted by atomic mass is 32.1. The van der Waals surface area contributed by atoms with Crippen LogP contribution in [0.2, 0.25) is 0 Å². The van der Waals surface area contributed by atoms with Gasteiger partial charge < -0.3 is 4.57 Å². The van der Waals surface area contributed by atoms with Gasteiger partial charge in [-0.2, -0.15) is 5.26 Å². The second-order valence-electron chi connectivity index (χ2n) is 4.21. The summed E-state index contributed by atoms with van der Waals surface area (Å²) in [5.41, 5.74) is 1.91. The van der Waals surface area contributed by atoms with Crippen LogP contribution in [0.5, 0.6) is 0 Å². The first-order valence-electron chi connectivity index (χ1n) is 5.75. The van der Waals surface area contributed by atoms with E-state index in [9.17, 15) is 10.1 Å². The summed E-state index contributed by atoms with van der Waals surface area (Å²) in [5.74, 6) is -0.281. The molecule has 1 atom stereocenters. The van der Waals surface area contributed by atoms with Gasteiger partial charge in [0.05, 0.1) is 12.0 Å². The molecule has 2 aromatic rings. The number of nitriles is 1. The maximum atomic E-state index is 11.8. The topological polar surface area (TPSA) is 45.8 Å². The van der Waals surface area contributed by atoms with Crippen molar-refractivity contribution in [2.75, 3.05) is 0 Å². The van der Waals surface area contributed by atoms with Crippen LogP contribution in [0.4, 0.5) is 0 Å². The maximum Gasteiger partial charge on any atom is 0.307 e. The lowest BCUT2D eigenvalue weighted by Gasteiger charge is -2.11. The van der Waals surface area contributed by atoms with Gasteiger partial charge in [-0.05, 0) is 19.4 Å². The summed E-state index contributed by atoms with van der Waals surface area (Å²) in [4.78, 5) is 12.8. The van der Waals surface area contributed by atoms with E-state index in [-0.39, 0.29) is 10.8 Å². The van der Waals surface area contributed by atoms with Crippen LogP contribution in [0.25, 0.3) is 0 Å². The quantitative estimate of drug-likeness (QED) is 0.849. The van der Waals surface area contributed by atoms with E-state index in [2.05, 4.69) is 6.07 Å². The summed E-state index contributed by atoms with van der Waals surface area (Å²) in [6.07, 6.45) is 0. The van der Waals surface area contributed by atoms with Gasteiger partial charge in [0, 0.05) is 17.1 Å². The van der Waals surface area contributed by atoms with Gasteiger partial charge in [0.1, 0.15) is 0 Å². The highest BCUT2D eigenvalue weighted by molar-refractivity contribution is 7.09. The van der Waals surface area contributed by atoms with Crippen molar-refractivity contribution in [2.24, 2.45) is 0 Å². The SMILES string of the molecule is Cc1sc(=O)n(CC(C#N)c2ccccc2)c1C. The minimum absolute atomic E-state index is 0.0150. The van der Waals surface area contributed by atoms with Gasteiger partial charge in [-0.3, -0.25) is 4.79 Å². The van der Waals surface area contributed by atoms with E-state index in [1.54, 1.807) is 4.57 Å². The third-order valence-electron chi connectivity index (χ3n) is 3.10. The van der Waals surface area contributed by atoms with Crippen molar-refractivity contribution in [3.05, 3.63) is 56.1 Å². The highest BCUT2D eigenvalue weighted by Gasteiger charge is 2.15. The molecule has 0 saturated carbocycles. The molecule has 1 heterocycles. The predicted octanol–water partition coefficient (Wildman–Crippen LogP) is 2.83. The number of hydrogen-bond acceptors (Lipinski definition) is 3. The van der Waals surface area contributed by atoms with Crippen molar-refractivity contribution in [2.45, 2.75) is 26.3 Å². The Morgan fingerprint density at radius 2 is 2.00 bits per heavy atom. The fourth-order valence-electron chi connectivity index (χ4n) is 1.89. The molecule has 1 aromatic carbocycles. The molecule has 92 valence electrons. The standard InChI is InChI=1S/C14H14N2OS/c1-10-11(2)18-14(17)16(10)9-13(8-15)12-6-4-3-5-7-12/h3-7,13H,9H2,1-2H3. The van der Waals surface area contributed by atoms with Crippen molar-refractivity contribution in [3.8, 4) is 6.07 Å². The molecule has 4 heteroatoms. The molecule has 0 fully saturated rings. The second kappa shape index (κ2) is 5.19. The normalized spacial score (nSPS) is 12.1. The molecule has 0 aliphatic heterocycles. The third-order valence-corrected chi connectivity index (χ3v) is 4.09. The molecule has 0 aliphatic carbocycles. The van der Waals surface area contributed by atoms with Crippen LogP contribution in [0.3, 0.4) is 0 Å². The fourth-order valence-corrected chi connectivity index (χ4v) is 2.73. The van der Waals surface area contributed by atoms with Crippen LogP contribution in [-0.4, -0.2) is 4.57 Å². The van der Waals surface area contributed by atoms with E-state index in [4.69, 9.17) is 0 Å². The molecule has 0 aliphatic rings. The average Bonchev–Trinajstić information content (AvgIpc) is 2.62. The average molecular weight is 258 g/mol. The Kier molecular flexibility index (Phi) is 3.63. The van der Waals surface area contributed by atoms with Crippen LogP contribution in [0, 0.1) is 25.2 Å². The number of hydrogen-bond donors (Lipinski definition) is 0. The third kappa shape index (κ3) is 2.36. The Morgan fingerprint density at radius 1 is 1.33 bits per heavy atom. The Labute approximate surface area is 110 Å². The Morgan fingerprint density at radius 3 is 2.50 bits per heavy atom. The largest absolute Gasteiger partial charge is 0.307 e. The van der Waals surface area contributed by atoms with Gasteiger partial charge in [0.25, 0.3) is 0 Å². The number of benzene rings is 1. The Balaban J connectivity index is 2.33. The molecule has 0 bridgehead atoms. The van der Waals surface area contributed by atoms with E-state index in [1.807, 2.05) is 44.2 Å². The smallest absolute Gasteiger partial charge is 0.301 e. The van der Waals surface area contributed by atoms with Gasteiger partial charge in [-0.1, -0.05) is 41.7 Å². The molecule has 0 saturated heterocycles. The van der Waals surface area contributed by atoms with Gasteiger partial charge in [0.15, 0.2) is 0 Å². The van der Waals surface area contributed by atoms with Crippen LogP contribution >= 0.6 is 11.3 Å². The lowest BCUT2D eigenvalue weighted by molar-refractivity contribution is 0.620. The van der Waals surface area contributed by atoms with Crippen molar-refractivity contribution < 1.29 is 0 Å². The minimum Gasteiger partial charge on any atom is -0.301 e. The molecule has 0 N–H and O–H groups in total. The zero-order valence-electron chi connectivity index (χ0n) is 10.4. The van der Waals surface area contributed by atoms with E-state index in [0.717, 1.165) is 16.1 Å². The van der Waals surface area contributed by atoms with Gasteiger partial charge >= 0.3 is 4.87 Å². The molecular formula is C14H14N2OS. The number of aromatic nitrogens is 1. The summed E-state index contributed by atoms with van der Waals surface area (Å²) in [6.45, 7) is 4.28. The summed E-state index contributed by atoms with van der Waals surface area (Å²) < 4.78 is 1.70. The Hall–Kier alpha value is -1.86. The zero-order chi connectivity index (χ0) is 13.1. The van der Waals surface area contributed by atoms with Crippen LogP contribution in [-0.2, 0) is 6.54 Å². The first-order valence-corrected chi connectivity index (χ1v) is 6.56. The Bertz CT molecular complexity index is 634. The molecule has 1 unspecified atom stereocenters. The van der Waals surface area contributed by atoms with Crippen molar-refractivity contribution in [1.82, 2.24) is 4.57 Å². The second-order valence-corrected chi connectivity index (χ2v) is 5.38. The van der Waals surface area contributed by atoms with Crippen molar-refractivity contribution in [3.63, 3.8) is 0 Å². The number of thiazole rings is 1. The zero-order valence-corrected chi connectivity index (χ0v) is 11.2. The number of nitrogens with zero attached hydrogens (tertiary/aromatic N) is 2. The van der Waals surface area contributed by atoms with E-state index in [1.165, 1.54) is 11.3 Å². The van der Waals surface area contributed by atoms with Gasteiger partial charge in [-0.25, -0.2) is 0 Å². The predicted molar refractivity (Wildman–Crippen MR) is 72.8 cm³/mol. The summed E-state index contributed by atoms with van der Waals surface area (Å²) in [7, 11) is 0. The lowest BCUT2D eigenvalue weighted by Crippen LogP contribution is -2.19. The number of aryl methyl sites for hydroxylation is 1. The van der Waals surface area contributed by atoms with Crippen LogP contribution in [0.1, 0.15) is 22.1 Å². The van der Waals surface area contributed by atoms with Crippen LogP contribution in [0.15, 0.2) is 35.1 Å². The van der Waals surface area contributed by atoms with E-state index in [0.29, 0.717) is 6.54 Å². The lowest BCUT2D eigenvalue weighted by atomic mass is 10.0. The van der Waals surface area contributed by atoms with Crippen molar-refractivity contribution >= 4 is 11.3 Å². The highest BCUT2D eigenvalue weighted by Crippen LogP contribution is 2.19. The molecule has 0 amide bonds. The molecule has 3 nitrogen and oxygen atoms in total. The molecule has 1 aromatic heterocycles. The van der Waals surface area contributed by atoms with Crippen LogP contribution < -0.4 is 4.87 Å². The van der Waals surface area contributed by atoms with Gasteiger partial charge in [0.2, 0.25) is 0 Å². The summed E-state index contributed by atoms with van der Waals surface area (Å²) in [5, 5.41) is 9.27. The van der Waals surface area contributed by atoms with Crippen molar-refractivity contribution in [1.29, 1.82) is 5.26 Å². The first kappa shape index (κ1) is 12.6. The van der Waals surface area contributed by atoms with E-state index < -0.39 is 0 Å². The van der Waals surface area contributed by atoms with Gasteiger partial charge in [-0.15, -0.1) is 0 Å². The van der Waals surface area contributed by atoms with E-state index >= 15 is 0 Å².